The molecule has 8 heteroatoms. The third-order valence-electron chi connectivity index (χ3n) is 3.55. The lowest BCUT2D eigenvalue weighted by molar-refractivity contribution is -0.150. The van der Waals surface area contributed by atoms with Crippen molar-refractivity contribution in [3.63, 3.8) is 0 Å². The summed E-state index contributed by atoms with van der Waals surface area (Å²) in [6.07, 6.45) is -1.94. The van der Waals surface area contributed by atoms with Gasteiger partial charge in [-0.3, -0.25) is 4.79 Å². The van der Waals surface area contributed by atoms with Crippen molar-refractivity contribution in [3.8, 4) is 0 Å². The number of carbonyl (C=O) groups excluding carboxylic acids is 1. The number of carboxylic acids is 1. The molecule has 0 unspecified atom stereocenters. The van der Waals surface area contributed by atoms with Gasteiger partial charge in [-0.25, -0.2) is 4.79 Å². The molecular weight excluding hydrogens is 277 g/mol. The van der Waals surface area contributed by atoms with E-state index in [2.05, 4.69) is 10.6 Å². The maximum atomic E-state index is 11.9. The Morgan fingerprint density at radius 2 is 1.70 bits per heavy atom. The Morgan fingerprint density at radius 3 is 2.20 bits per heavy atom. The number of aliphatic carboxylic acids is 1. The molecule has 0 atom stereocenters. The smallest absolute Gasteiger partial charge is 0.390 e. The summed E-state index contributed by atoms with van der Waals surface area (Å²) >= 11 is 0. The lowest BCUT2D eigenvalue weighted by Gasteiger charge is -2.33. The first-order chi connectivity index (χ1) is 9.25. The second-order valence-corrected chi connectivity index (χ2v) is 5.12. The number of carbonyl (C=O) groups is 2. The van der Waals surface area contributed by atoms with Crippen LogP contribution in [0.3, 0.4) is 0 Å². The molecule has 2 amide bonds. The molecule has 5 nitrogen and oxygen atoms in total. The first kappa shape index (κ1) is 16.6. The molecule has 0 bridgehead atoms. The lowest BCUT2D eigenvalue weighted by atomic mass is 9.74. The number of hydrogen-bond acceptors (Lipinski definition) is 2. The molecule has 1 aliphatic rings. The molecule has 0 aromatic heterocycles. The maximum absolute atomic E-state index is 11.9. The Hall–Kier alpha value is -1.47. The Balaban J connectivity index is 2.36. The molecule has 1 aliphatic carbocycles. The SMILES string of the molecule is O=C(NCCC(F)(F)F)NCC1(C(=O)O)CCCCC1. The second kappa shape index (κ2) is 6.81. The van der Waals surface area contributed by atoms with Gasteiger partial charge in [-0.1, -0.05) is 19.3 Å². The minimum Gasteiger partial charge on any atom is -0.481 e. The molecule has 1 fully saturated rings. The number of urea groups is 1. The average molecular weight is 296 g/mol. The van der Waals surface area contributed by atoms with Gasteiger partial charge in [0.05, 0.1) is 11.8 Å². The van der Waals surface area contributed by atoms with Crippen LogP contribution in [-0.4, -0.2) is 36.4 Å². The van der Waals surface area contributed by atoms with Crippen molar-refractivity contribution in [1.82, 2.24) is 10.6 Å². The summed E-state index contributed by atoms with van der Waals surface area (Å²) in [5.74, 6) is -0.965. The van der Waals surface area contributed by atoms with E-state index in [0.717, 1.165) is 19.3 Å². The first-order valence-electron chi connectivity index (χ1n) is 6.57. The Labute approximate surface area is 114 Å². The van der Waals surface area contributed by atoms with Gasteiger partial charge in [-0.2, -0.15) is 13.2 Å². The summed E-state index contributed by atoms with van der Waals surface area (Å²) in [5.41, 5.74) is -0.986. The summed E-state index contributed by atoms with van der Waals surface area (Å²) in [4.78, 5) is 22.7. The zero-order valence-electron chi connectivity index (χ0n) is 11.1. The number of alkyl halides is 3. The van der Waals surface area contributed by atoms with Crippen molar-refractivity contribution in [3.05, 3.63) is 0 Å². The van der Waals surface area contributed by atoms with Gasteiger partial charge in [-0.05, 0) is 12.8 Å². The van der Waals surface area contributed by atoms with Gasteiger partial charge in [0, 0.05) is 13.1 Å². The number of nitrogens with one attached hydrogen (secondary N) is 2. The Kier molecular flexibility index (Phi) is 5.64. The topological polar surface area (TPSA) is 78.4 Å². The number of hydrogen-bond donors (Lipinski definition) is 3. The van der Waals surface area contributed by atoms with Crippen LogP contribution in [0.15, 0.2) is 0 Å². The zero-order valence-corrected chi connectivity index (χ0v) is 11.1. The summed E-state index contributed by atoms with van der Waals surface area (Å²) < 4.78 is 35.7. The molecule has 3 N–H and O–H groups in total. The van der Waals surface area contributed by atoms with Crippen LogP contribution >= 0.6 is 0 Å². The van der Waals surface area contributed by atoms with Crippen molar-refractivity contribution < 1.29 is 27.9 Å². The summed E-state index contributed by atoms with van der Waals surface area (Å²) in [6.45, 7) is -0.574. The maximum Gasteiger partial charge on any atom is 0.390 e. The average Bonchev–Trinajstić information content (AvgIpc) is 2.36. The van der Waals surface area contributed by atoms with E-state index in [1.807, 2.05) is 0 Å². The van der Waals surface area contributed by atoms with Crippen molar-refractivity contribution in [2.24, 2.45) is 5.41 Å². The molecule has 0 spiro atoms. The van der Waals surface area contributed by atoms with Crippen LogP contribution in [-0.2, 0) is 4.79 Å². The minimum atomic E-state index is -4.32. The van der Waals surface area contributed by atoms with Crippen LogP contribution in [0.2, 0.25) is 0 Å². The molecule has 0 aliphatic heterocycles. The van der Waals surface area contributed by atoms with Crippen LogP contribution < -0.4 is 10.6 Å². The van der Waals surface area contributed by atoms with Gasteiger partial charge < -0.3 is 15.7 Å². The monoisotopic (exact) mass is 296 g/mol. The van der Waals surface area contributed by atoms with E-state index < -0.39 is 36.6 Å². The van der Waals surface area contributed by atoms with Gasteiger partial charge >= 0.3 is 18.2 Å². The summed E-state index contributed by atoms with van der Waals surface area (Å²) in [5, 5.41) is 13.7. The molecule has 0 aromatic rings. The molecule has 1 saturated carbocycles. The molecule has 0 saturated heterocycles. The van der Waals surface area contributed by atoms with Crippen molar-refractivity contribution in [2.45, 2.75) is 44.7 Å². The molecule has 20 heavy (non-hydrogen) atoms. The summed E-state index contributed by atoms with van der Waals surface area (Å²) in [6, 6.07) is -0.763. The second-order valence-electron chi connectivity index (χ2n) is 5.12. The van der Waals surface area contributed by atoms with E-state index in [1.54, 1.807) is 0 Å². The number of carboxylic acid groups (broad SMARTS) is 1. The van der Waals surface area contributed by atoms with E-state index in [4.69, 9.17) is 0 Å². The van der Waals surface area contributed by atoms with E-state index in [9.17, 15) is 27.9 Å². The van der Waals surface area contributed by atoms with E-state index in [-0.39, 0.29) is 6.54 Å². The van der Waals surface area contributed by atoms with Gasteiger partial charge in [-0.15, -0.1) is 0 Å². The predicted octanol–water partition coefficient (Wildman–Crippen LogP) is 2.27. The van der Waals surface area contributed by atoms with Gasteiger partial charge in [0.25, 0.3) is 0 Å². The highest BCUT2D eigenvalue weighted by Crippen LogP contribution is 2.35. The summed E-state index contributed by atoms with van der Waals surface area (Å²) in [7, 11) is 0. The molecule has 0 radical (unpaired) electrons. The quantitative estimate of drug-likeness (QED) is 0.728. The fourth-order valence-electron chi connectivity index (χ4n) is 2.32. The van der Waals surface area contributed by atoms with Crippen molar-refractivity contribution >= 4 is 12.0 Å². The Bertz CT molecular complexity index is 352. The fraction of sp³-hybridized carbons (Fsp3) is 0.833. The van der Waals surface area contributed by atoms with Crippen molar-refractivity contribution in [1.29, 1.82) is 0 Å². The van der Waals surface area contributed by atoms with Crippen LogP contribution in [0.5, 0.6) is 0 Å². The van der Waals surface area contributed by atoms with Gasteiger partial charge in [0.1, 0.15) is 0 Å². The van der Waals surface area contributed by atoms with E-state index >= 15 is 0 Å². The lowest BCUT2D eigenvalue weighted by Crippen LogP contribution is -2.47. The zero-order chi connectivity index (χ0) is 15.2. The van der Waals surface area contributed by atoms with E-state index in [0.29, 0.717) is 12.8 Å². The fourth-order valence-corrected chi connectivity index (χ4v) is 2.32. The third kappa shape index (κ3) is 5.26. The Morgan fingerprint density at radius 1 is 1.10 bits per heavy atom. The van der Waals surface area contributed by atoms with Gasteiger partial charge in [0.15, 0.2) is 0 Å². The molecule has 1 rings (SSSR count). The number of amides is 2. The highest BCUT2D eigenvalue weighted by molar-refractivity contribution is 5.78. The standard InChI is InChI=1S/C12H19F3N2O3/c13-12(14,15)6-7-16-10(20)17-8-11(9(18)19)4-2-1-3-5-11/h1-8H2,(H,18,19)(H2,16,17,20). The molecule has 0 heterocycles. The van der Waals surface area contributed by atoms with Crippen molar-refractivity contribution in [2.75, 3.05) is 13.1 Å². The molecular formula is C12H19F3N2O3. The predicted molar refractivity (Wildman–Crippen MR) is 65.2 cm³/mol. The largest absolute Gasteiger partial charge is 0.481 e. The van der Waals surface area contributed by atoms with Crippen LogP contribution in [0.4, 0.5) is 18.0 Å². The first-order valence-corrected chi connectivity index (χ1v) is 6.57. The van der Waals surface area contributed by atoms with Crippen LogP contribution in [0, 0.1) is 5.41 Å². The van der Waals surface area contributed by atoms with Gasteiger partial charge in [0.2, 0.25) is 0 Å². The number of rotatable bonds is 5. The number of halogens is 3. The third-order valence-corrected chi connectivity index (χ3v) is 3.55. The van der Waals surface area contributed by atoms with Crippen LogP contribution in [0.1, 0.15) is 38.5 Å². The highest BCUT2D eigenvalue weighted by atomic mass is 19.4. The molecule has 116 valence electrons. The van der Waals surface area contributed by atoms with Crippen LogP contribution in [0.25, 0.3) is 0 Å². The molecule has 0 aromatic carbocycles. The minimum absolute atomic E-state index is 0.0554. The normalized spacial score (nSPS) is 18.4. The van der Waals surface area contributed by atoms with E-state index in [1.165, 1.54) is 0 Å². The highest BCUT2D eigenvalue weighted by Gasteiger charge is 2.39.